The van der Waals surface area contributed by atoms with Crippen LogP contribution in [0, 0.1) is 0 Å². The van der Waals surface area contributed by atoms with Crippen molar-refractivity contribution in [3.63, 3.8) is 0 Å². The lowest BCUT2D eigenvalue weighted by molar-refractivity contribution is 0.199. The van der Waals surface area contributed by atoms with E-state index in [4.69, 9.17) is 4.74 Å². The van der Waals surface area contributed by atoms with Crippen molar-refractivity contribution in [1.29, 1.82) is 0 Å². The van der Waals surface area contributed by atoms with E-state index in [1.54, 1.807) is 0 Å². The second kappa shape index (κ2) is 8.20. The molecule has 0 saturated carbocycles. The molecule has 2 heterocycles. The molecule has 1 radical (unpaired) electrons. The number of benzene rings is 3. The smallest absolute Gasteiger partial charge is 0.348 e. The van der Waals surface area contributed by atoms with Gasteiger partial charge in [-0.25, -0.2) is 4.79 Å². The molecule has 0 spiro atoms. The van der Waals surface area contributed by atoms with Crippen LogP contribution < -0.4 is 15.0 Å². The predicted octanol–water partition coefficient (Wildman–Crippen LogP) is 5.32. The van der Waals surface area contributed by atoms with Gasteiger partial charge in [0.1, 0.15) is 11.5 Å². The van der Waals surface area contributed by atoms with Crippen LogP contribution in [0.3, 0.4) is 0 Å². The minimum Gasteiger partial charge on any atom is -0.457 e. The first-order valence-corrected chi connectivity index (χ1v) is 10.4. The van der Waals surface area contributed by atoms with Gasteiger partial charge in [-0.1, -0.05) is 42.5 Å². The van der Waals surface area contributed by atoms with Crippen LogP contribution in [-0.4, -0.2) is 30.1 Å². The van der Waals surface area contributed by atoms with Crippen LogP contribution in [0.25, 0.3) is 0 Å². The van der Waals surface area contributed by atoms with E-state index >= 15 is 0 Å². The summed E-state index contributed by atoms with van der Waals surface area (Å²) in [4.78, 5) is 16.8. The van der Waals surface area contributed by atoms with Crippen molar-refractivity contribution in [3.8, 4) is 11.5 Å². The Morgan fingerprint density at radius 1 is 0.867 bits per heavy atom. The Morgan fingerprint density at radius 2 is 1.60 bits per heavy atom. The Morgan fingerprint density at radius 3 is 2.43 bits per heavy atom. The first-order chi connectivity index (χ1) is 14.8. The minimum absolute atomic E-state index is 0.125. The molecule has 5 rings (SSSR count). The number of rotatable bonds is 5. The van der Waals surface area contributed by atoms with Gasteiger partial charge < -0.3 is 4.74 Å². The quantitative estimate of drug-likeness (QED) is 0.584. The van der Waals surface area contributed by atoms with E-state index in [0.29, 0.717) is 0 Å². The van der Waals surface area contributed by atoms with Crippen molar-refractivity contribution in [3.05, 3.63) is 84.4 Å². The lowest BCUT2D eigenvalue weighted by atomic mass is 10.0. The molecular formula is C25H24N3O2. The summed E-state index contributed by atoms with van der Waals surface area (Å²) in [6.07, 6.45) is 1.91. The highest BCUT2D eigenvalue weighted by molar-refractivity contribution is 6.04. The predicted molar refractivity (Wildman–Crippen MR) is 117 cm³/mol. The van der Waals surface area contributed by atoms with Crippen molar-refractivity contribution < 1.29 is 9.53 Å². The number of urea groups is 1. The van der Waals surface area contributed by atoms with E-state index in [-0.39, 0.29) is 12.1 Å². The summed E-state index contributed by atoms with van der Waals surface area (Å²) in [6.45, 7) is 2.80. The maximum atomic E-state index is 12.4. The molecule has 5 nitrogen and oxygen atoms in total. The zero-order valence-corrected chi connectivity index (χ0v) is 16.8. The maximum absolute atomic E-state index is 12.4. The highest BCUT2D eigenvalue weighted by Gasteiger charge is 2.35. The second-order valence-corrected chi connectivity index (χ2v) is 7.82. The van der Waals surface area contributed by atoms with Gasteiger partial charge in [0.05, 0.1) is 11.4 Å². The highest BCUT2D eigenvalue weighted by atomic mass is 16.5. The van der Waals surface area contributed by atoms with Crippen LogP contribution >= 0.6 is 0 Å². The van der Waals surface area contributed by atoms with Crippen LogP contribution in [-0.2, 0) is 6.54 Å². The molecule has 0 bridgehead atoms. The summed E-state index contributed by atoms with van der Waals surface area (Å²) >= 11 is 0. The van der Waals surface area contributed by atoms with Crippen molar-refractivity contribution in [2.24, 2.45) is 0 Å². The van der Waals surface area contributed by atoms with Gasteiger partial charge in [-0.05, 0) is 54.8 Å². The summed E-state index contributed by atoms with van der Waals surface area (Å²) < 4.78 is 5.96. The number of para-hydroxylation sites is 3. The summed E-state index contributed by atoms with van der Waals surface area (Å²) in [5, 5.41) is 4.20. The number of ether oxygens (including phenoxy) is 1. The number of hydrogen-bond donors (Lipinski definition) is 0. The maximum Gasteiger partial charge on any atom is 0.348 e. The monoisotopic (exact) mass is 398 g/mol. The number of anilines is 1. The zero-order chi connectivity index (χ0) is 20.3. The lowest BCUT2D eigenvalue weighted by Crippen LogP contribution is -2.46. The third-order valence-electron chi connectivity index (χ3n) is 5.77. The molecule has 2 amide bonds. The Bertz CT molecular complexity index is 1030. The number of carbonyl (C=O) groups excluding carboxylic acids is 1. The molecule has 0 aromatic heterocycles. The number of hydrogen-bond acceptors (Lipinski definition) is 3. The number of fused-ring (bicyclic) bond motifs is 1. The first kappa shape index (κ1) is 18.7. The second-order valence-electron chi connectivity index (χ2n) is 7.82. The summed E-state index contributed by atoms with van der Waals surface area (Å²) in [7, 11) is 0. The van der Waals surface area contributed by atoms with Gasteiger partial charge in [0.25, 0.3) is 0 Å². The van der Waals surface area contributed by atoms with Gasteiger partial charge in [-0.2, -0.15) is 5.32 Å². The molecule has 5 heteroatoms. The van der Waals surface area contributed by atoms with Crippen molar-refractivity contribution in [1.82, 2.24) is 10.2 Å². The number of nitrogens with zero attached hydrogens (tertiary/aromatic N) is 3. The third kappa shape index (κ3) is 3.89. The van der Waals surface area contributed by atoms with Gasteiger partial charge in [0, 0.05) is 25.7 Å². The average molecular weight is 398 g/mol. The van der Waals surface area contributed by atoms with Gasteiger partial charge in [-0.15, -0.1) is 0 Å². The van der Waals surface area contributed by atoms with E-state index < -0.39 is 0 Å². The Balaban J connectivity index is 1.20. The van der Waals surface area contributed by atoms with E-state index in [1.807, 2.05) is 71.6 Å². The van der Waals surface area contributed by atoms with Crippen molar-refractivity contribution in [2.45, 2.75) is 25.4 Å². The molecule has 3 aromatic carbocycles. The lowest BCUT2D eigenvalue weighted by Gasteiger charge is -2.36. The van der Waals surface area contributed by atoms with Crippen molar-refractivity contribution >= 4 is 17.4 Å². The number of likely N-dealkylation sites (tertiary alicyclic amines) is 1. The van der Waals surface area contributed by atoms with E-state index in [0.717, 1.165) is 55.3 Å². The fourth-order valence-corrected chi connectivity index (χ4v) is 4.30. The van der Waals surface area contributed by atoms with Gasteiger partial charge in [0.2, 0.25) is 0 Å². The molecule has 0 N–H and O–H groups in total. The third-order valence-corrected chi connectivity index (χ3v) is 5.77. The normalized spacial score (nSPS) is 16.9. The zero-order valence-electron chi connectivity index (χ0n) is 16.8. The summed E-state index contributed by atoms with van der Waals surface area (Å²) in [5.74, 6) is 1.70. The molecule has 1 fully saturated rings. The fourth-order valence-electron chi connectivity index (χ4n) is 4.30. The standard InChI is InChI=1S/C25H24N3O2/c29-25-26-23-11-4-5-12-24(23)28(25)20-13-15-27(16-14-20)18-19-7-6-10-22(17-19)30-21-8-2-1-3-9-21/h1-12,17,20H,13-16,18H2. The Kier molecular flexibility index (Phi) is 5.11. The summed E-state index contributed by atoms with van der Waals surface area (Å²) in [5.41, 5.74) is 2.98. The first-order valence-electron chi connectivity index (χ1n) is 10.4. The van der Waals surface area contributed by atoms with E-state index in [9.17, 15) is 4.79 Å². The van der Waals surface area contributed by atoms with Crippen molar-refractivity contribution in [2.75, 3.05) is 18.0 Å². The molecular weight excluding hydrogens is 374 g/mol. The summed E-state index contributed by atoms with van der Waals surface area (Å²) in [6, 6.07) is 26.0. The molecule has 30 heavy (non-hydrogen) atoms. The molecule has 0 atom stereocenters. The van der Waals surface area contributed by atoms with Crippen LogP contribution in [0.1, 0.15) is 18.4 Å². The molecule has 0 aliphatic carbocycles. The number of carbonyl (C=O) groups is 1. The van der Waals surface area contributed by atoms with Crippen LogP contribution in [0.5, 0.6) is 11.5 Å². The van der Waals surface area contributed by atoms with Crippen LogP contribution in [0.15, 0.2) is 78.9 Å². The van der Waals surface area contributed by atoms with Gasteiger partial charge in [0.15, 0.2) is 0 Å². The molecule has 2 aliphatic heterocycles. The molecule has 3 aromatic rings. The van der Waals surface area contributed by atoms with Gasteiger partial charge >= 0.3 is 6.03 Å². The largest absolute Gasteiger partial charge is 0.457 e. The van der Waals surface area contributed by atoms with E-state index in [2.05, 4.69) is 22.3 Å². The number of amides is 2. The Hall–Kier alpha value is -3.31. The molecule has 2 aliphatic rings. The minimum atomic E-state index is -0.125. The molecule has 0 unspecified atom stereocenters. The average Bonchev–Trinajstić information content (AvgIpc) is 3.11. The van der Waals surface area contributed by atoms with Gasteiger partial charge in [-0.3, -0.25) is 9.80 Å². The van der Waals surface area contributed by atoms with Crippen LogP contribution in [0.2, 0.25) is 0 Å². The molecule has 1 saturated heterocycles. The van der Waals surface area contributed by atoms with Crippen LogP contribution in [0.4, 0.5) is 16.2 Å². The fraction of sp³-hybridized carbons (Fsp3) is 0.240. The van der Waals surface area contributed by atoms with E-state index in [1.165, 1.54) is 5.56 Å². The molecule has 151 valence electrons. The SMILES string of the molecule is O=C1[N]c2ccccc2N1C1CCN(Cc2cccc(Oc3ccccc3)c2)CC1. The number of piperidine rings is 1. The highest BCUT2D eigenvalue weighted by Crippen LogP contribution is 2.36. The topological polar surface area (TPSA) is 46.9 Å². The Labute approximate surface area is 176 Å².